The number of rotatable bonds is 4. The van der Waals surface area contributed by atoms with Crippen LogP contribution in [0.25, 0.3) is 0 Å². The minimum atomic E-state index is -3.29. The van der Waals surface area contributed by atoms with E-state index in [4.69, 9.17) is 0 Å². The summed E-state index contributed by atoms with van der Waals surface area (Å²) in [5.74, 6) is 0.351. The lowest BCUT2D eigenvalue weighted by molar-refractivity contribution is 0.214. The Labute approximate surface area is 105 Å². The highest BCUT2D eigenvalue weighted by atomic mass is 32.2. The van der Waals surface area contributed by atoms with Crippen molar-refractivity contribution in [2.75, 3.05) is 27.2 Å². The maximum Gasteiger partial charge on any atom is 0.281 e. The normalized spacial score (nSPS) is 27.9. The van der Waals surface area contributed by atoms with Crippen molar-refractivity contribution in [3.63, 3.8) is 0 Å². The molecule has 0 aliphatic carbocycles. The van der Waals surface area contributed by atoms with Gasteiger partial charge in [-0.05, 0) is 33.2 Å². The molecule has 0 bridgehead atoms. The Bertz CT molecular complexity index is 343. The Hall–Kier alpha value is -0.170. The van der Waals surface area contributed by atoms with Crippen molar-refractivity contribution in [3.8, 4) is 0 Å². The molecule has 17 heavy (non-hydrogen) atoms. The molecule has 2 unspecified atom stereocenters. The van der Waals surface area contributed by atoms with E-state index in [0.717, 1.165) is 6.42 Å². The van der Waals surface area contributed by atoms with Crippen molar-refractivity contribution in [2.24, 2.45) is 5.92 Å². The lowest BCUT2D eigenvalue weighted by atomic mass is 9.96. The second-order valence-electron chi connectivity index (χ2n) is 5.14. The molecule has 102 valence electrons. The Morgan fingerprint density at radius 3 is 2.41 bits per heavy atom. The predicted molar refractivity (Wildman–Crippen MR) is 70.0 cm³/mol. The summed E-state index contributed by atoms with van der Waals surface area (Å²) in [4.78, 5) is 0. The minimum absolute atomic E-state index is 0.00247. The third-order valence-corrected chi connectivity index (χ3v) is 5.79. The molecule has 5 nitrogen and oxygen atoms in total. The van der Waals surface area contributed by atoms with Crippen molar-refractivity contribution in [1.29, 1.82) is 0 Å². The highest BCUT2D eigenvalue weighted by Crippen LogP contribution is 2.21. The monoisotopic (exact) mass is 263 g/mol. The quantitative estimate of drug-likeness (QED) is 0.803. The first-order valence-electron chi connectivity index (χ1n) is 6.21. The molecule has 0 aromatic carbocycles. The van der Waals surface area contributed by atoms with Crippen molar-refractivity contribution < 1.29 is 8.42 Å². The molecule has 0 radical (unpaired) electrons. The summed E-state index contributed by atoms with van der Waals surface area (Å²) >= 11 is 0. The van der Waals surface area contributed by atoms with Crippen molar-refractivity contribution >= 4 is 10.2 Å². The molecule has 6 heteroatoms. The van der Waals surface area contributed by atoms with Gasteiger partial charge in [0.25, 0.3) is 10.2 Å². The van der Waals surface area contributed by atoms with E-state index in [2.05, 4.69) is 12.2 Å². The van der Waals surface area contributed by atoms with Gasteiger partial charge < -0.3 is 5.32 Å². The van der Waals surface area contributed by atoms with E-state index in [1.54, 1.807) is 11.4 Å². The first-order valence-corrected chi connectivity index (χ1v) is 7.60. The Kier molecular flexibility index (Phi) is 4.95. The van der Waals surface area contributed by atoms with Gasteiger partial charge in [-0.15, -0.1) is 0 Å². The van der Waals surface area contributed by atoms with Gasteiger partial charge in [-0.2, -0.15) is 17.0 Å². The highest BCUT2D eigenvalue weighted by Gasteiger charge is 2.34. The molecule has 0 aromatic heterocycles. The maximum absolute atomic E-state index is 12.3. The van der Waals surface area contributed by atoms with Gasteiger partial charge in [-0.3, -0.25) is 0 Å². The summed E-state index contributed by atoms with van der Waals surface area (Å²) in [6.45, 7) is 7.08. The van der Waals surface area contributed by atoms with Crippen LogP contribution in [-0.2, 0) is 10.2 Å². The molecule has 1 saturated heterocycles. The summed E-state index contributed by atoms with van der Waals surface area (Å²) in [5.41, 5.74) is 0. The van der Waals surface area contributed by atoms with Gasteiger partial charge >= 0.3 is 0 Å². The van der Waals surface area contributed by atoms with Crippen LogP contribution in [0, 0.1) is 5.92 Å². The summed E-state index contributed by atoms with van der Waals surface area (Å²) < 4.78 is 27.6. The highest BCUT2D eigenvalue weighted by molar-refractivity contribution is 7.86. The van der Waals surface area contributed by atoms with Crippen LogP contribution in [0.3, 0.4) is 0 Å². The van der Waals surface area contributed by atoms with Crippen LogP contribution >= 0.6 is 0 Å². The van der Waals surface area contributed by atoms with E-state index in [9.17, 15) is 8.42 Å². The van der Waals surface area contributed by atoms with E-state index < -0.39 is 10.2 Å². The van der Waals surface area contributed by atoms with E-state index in [1.165, 1.54) is 4.31 Å². The Morgan fingerprint density at radius 1 is 1.41 bits per heavy atom. The third-order valence-electron chi connectivity index (χ3n) is 3.66. The van der Waals surface area contributed by atoms with Gasteiger partial charge in [-0.1, -0.05) is 6.92 Å². The summed E-state index contributed by atoms with van der Waals surface area (Å²) in [6.07, 6.45) is 0.878. The molecular weight excluding hydrogens is 238 g/mol. The van der Waals surface area contributed by atoms with E-state index in [0.29, 0.717) is 25.0 Å². The van der Waals surface area contributed by atoms with Crippen molar-refractivity contribution in [2.45, 2.75) is 39.3 Å². The van der Waals surface area contributed by atoms with Crippen LogP contribution in [0.4, 0.5) is 0 Å². The number of hydrogen-bond donors (Lipinski definition) is 1. The summed E-state index contributed by atoms with van der Waals surface area (Å²) in [5, 5.41) is 3.24. The van der Waals surface area contributed by atoms with Crippen LogP contribution in [0.5, 0.6) is 0 Å². The topological polar surface area (TPSA) is 52.7 Å². The molecule has 0 saturated carbocycles. The van der Waals surface area contributed by atoms with E-state index >= 15 is 0 Å². The standard InChI is InChI=1S/C11H25N3O2S/c1-9(2)13(5)17(15,16)14-7-6-11(12-4)10(3)8-14/h9-12H,6-8H2,1-5H3. The second-order valence-corrected chi connectivity index (χ2v) is 7.12. The molecule has 0 amide bonds. The van der Waals surface area contributed by atoms with E-state index in [-0.39, 0.29) is 6.04 Å². The smallest absolute Gasteiger partial charge is 0.281 e. The average Bonchev–Trinajstić information content (AvgIpc) is 2.27. The molecule has 1 N–H and O–H groups in total. The van der Waals surface area contributed by atoms with Crippen LogP contribution < -0.4 is 5.32 Å². The zero-order chi connectivity index (χ0) is 13.2. The molecular formula is C11H25N3O2S. The molecule has 2 atom stereocenters. The number of piperidine rings is 1. The Balaban J connectivity index is 2.76. The molecule has 0 spiro atoms. The SMILES string of the molecule is CNC1CCN(S(=O)(=O)N(C)C(C)C)CC1C. The van der Waals surface area contributed by atoms with E-state index in [1.807, 2.05) is 20.9 Å². The minimum Gasteiger partial charge on any atom is -0.317 e. The number of hydrogen-bond acceptors (Lipinski definition) is 3. The van der Waals surface area contributed by atoms with Crippen molar-refractivity contribution in [3.05, 3.63) is 0 Å². The largest absolute Gasteiger partial charge is 0.317 e. The van der Waals surface area contributed by atoms with Gasteiger partial charge in [0, 0.05) is 32.2 Å². The molecule has 1 heterocycles. The lowest BCUT2D eigenvalue weighted by Gasteiger charge is -2.38. The van der Waals surface area contributed by atoms with Gasteiger partial charge in [0.05, 0.1) is 0 Å². The van der Waals surface area contributed by atoms with Crippen LogP contribution in [0.2, 0.25) is 0 Å². The summed E-state index contributed by atoms with van der Waals surface area (Å²) in [7, 11) is 0.297. The van der Waals surface area contributed by atoms with Crippen LogP contribution in [0.15, 0.2) is 0 Å². The fourth-order valence-electron chi connectivity index (χ4n) is 2.19. The lowest BCUT2D eigenvalue weighted by Crippen LogP contribution is -2.53. The number of nitrogens with zero attached hydrogens (tertiary/aromatic N) is 2. The fraction of sp³-hybridized carbons (Fsp3) is 1.00. The first kappa shape index (κ1) is 14.9. The van der Waals surface area contributed by atoms with Gasteiger partial charge in [0.15, 0.2) is 0 Å². The molecule has 1 aliphatic rings. The third kappa shape index (κ3) is 3.19. The molecule has 1 rings (SSSR count). The van der Waals surface area contributed by atoms with Crippen molar-refractivity contribution in [1.82, 2.24) is 13.9 Å². The summed E-state index contributed by atoms with van der Waals surface area (Å²) in [6, 6.07) is 0.420. The Morgan fingerprint density at radius 2 is 2.00 bits per heavy atom. The zero-order valence-electron chi connectivity index (χ0n) is 11.5. The second kappa shape index (κ2) is 5.65. The van der Waals surface area contributed by atoms with Gasteiger partial charge in [0.1, 0.15) is 0 Å². The van der Waals surface area contributed by atoms with Crippen LogP contribution in [-0.4, -0.2) is 56.3 Å². The fourth-order valence-corrected chi connectivity index (χ4v) is 3.85. The predicted octanol–water partition coefficient (Wildman–Crippen LogP) is 0.501. The average molecular weight is 263 g/mol. The number of nitrogens with one attached hydrogen (secondary N) is 1. The first-order chi connectivity index (χ1) is 7.80. The molecule has 1 fully saturated rings. The molecule has 0 aromatic rings. The maximum atomic E-state index is 12.3. The molecule has 1 aliphatic heterocycles. The zero-order valence-corrected chi connectivity index (χ0v) is 12.3. The van der Waals surface area contributed by atoms with Gasteiger partial charge in [0.2, 0.25) is 0 Å². The van der Waals surface area contributed by atoms with Gasteiger partial charge in [-0.25, -0.2) is 0 Å². The van der Waals surface area contributed by atoms with Crippen LogP contribution in [0.1, 0.15) is 27.2 Å².